The molecule has 0 aromatic carbocycles. The highest BCUT2D eigenvalue weighted by molar-refractivity contribution is 5.97. The molecule has 4 rings (SSSR count). The number of hydrogen-bond acceptors (Lipinski definition) is 4. The largest absolute Gasteiger partial charge is 0.416 e. The molecule has 0 fully saturated rings. The summed E-state index contributed by atoms with van der Waals surface area (Å²) >= 11 is 0. The van der Waals surface area contributed by atoms with Crippen LogP contribution in [-0.2, 0) is 25.4 Å². The molecule has 2 N–H and O–H groups in total. The van der Waals surface area contributed by atoms with Crippen molar-refractivity contribution in [3.8, 4) is 0 Å². The number of pyridine rings is 3. The van der Waals surface area contributed by atoms with Crippen molar-refractivity contribution in [2.45, 2.75) is 25.4 Å². The fraction of sp³-hybridized carbons (Fsp3) is 0.217. The van der Waals surface area contributed by atoms with E-state index in [-0.39, 0.29) is 30.7 Å². The molecule has 33 heavy (non-hydrogen) atoms. The van der Waals surface area contributed by atoms with Crippen LogP contribution < -0.4 is 5.32 Å². The fourth-order valence-electron chi connectivity index (χ4n) is 3.62. The average Bonchev–Trinajstić information content (AvgIpc) is 3.20. The number of aromatic nitrogens is 4. The molecule has 4 heterocycles. The van der Waals surface area contributed by atoms with Gasteiger partial charge >= 0.3 is 6.18 Å². The zero-order chi connectivity index (χ0) is 23.6. The van der Waals surface area contributed by atoms with E-state index in [4.69, 9.17) is 0 Å². The molecule has 0 saturated carbocycles. The highest BCUT2D eigenvalue weighted by Crippen LogP contribution is 2.32. The van der Waals surface area contributed by atoms with Crippen LogP contribution in [-0.4, -0.2) is 32.9 Å². The number of aromatic amines is 1. The van der Waals surface area contributed by atoms with Crippen LogP contribution in [0.2, 0.25) is 0 Å². The van der Waals surface area contributed by atoms with Crippen molar-refractivity contribution in [3.63, 3.8) is 0 Å². The number of alkyl halides is 3. The van der Waals surface area contributed by atoms with Gasteiger partial charge in [0.2, 0.25) is 5.95 Å². The Morgan fingerprint density at radius 2 is 1.91 bits per heavy atom. The molecule has 0 aliphatic heterocycles. The maximum absolute atomic E-state index is 14.7. The van der Waals surface area contributed by atoms with Crippen molar-refractivity contribution in [3.05, 3.63) is 88.5 Å². The smallest absolute Gasteiger partial charge is 0.355 e. The number of H-pyrrole nitrogens is 1. The predicted octanol–water partition coefficient (Wildman–Crippen LogP) is 4.25. The van der Waals surface area contributed by atoms with E-state index in [1.165, 1.54) is 19.4 Å². The zero-order valence-electron chi connectivity index (χ0n) is 17.5. The van der Waals surface area contributed by atoms with Crippen LogP contribution in [0.1, 0.15) is 38.3 Å². The molecule has 0 bridgehead atoms. The summed E-state index contributed by atoms with van der Waals surface area (Å²) in [5, 5.41) is 3.22. The molecule has 0 aliphatic rings. The van der Waals surface area contributed by atoms with Crippen LogP contribution in [0.15, 0.2) is 49.1 Å². The lowest BCUT2D eigenvalue weighted by atomic mass is 10.0. The Morgan fingerprint density at radius 3 is 2.64 bits per heavy atom. The Hall–Kier alpha value is -3.82. The van der Waals surface area contributed by atoms with E-state index in [9.17, 15) is 22.4 Å². The van der Waals surface area contributed by atoms with Gasteiger partial charge in [0.1, 0.15) is 5.65 Å². The molecule has 10 heteroatoms. The summed E-state index contributed by atoms with van der Waals surface area (Å²) in [6, 6.07) is 5.78. The van der Waals surface area contributed by atoms with Crippen LogP contribution in [0.25, 0.3) is 11.0 Å². The lowest BCUT2D eigenvalue weighted by Crippen LogP contribution is -2.17. The average molecular weight is 457 g/mol. The number of carbonyl (C=O) groups excluding carboxylic acids is 1. The normalized spacial score (nSPS) is 11.7. The Bertz CT molecular complexity index is 1320. The number of nitrogens with one attached hydrogen (secondary N) is 2. The highest BCUT2D eigenvalue weighted by atomic mass is 19.4. The SMILES string of the molecule is CNC(=O)c1cnc2[nH]cc(Cc3ccc(CCc4cnccc4C(F)(F)F)nc3F)c2c1. The van der Waals surface area contributed by atoms with E-state index >= 15 is 0 Å². The second kappa shape index (κ2) is 8.97. The molecule has 0 radical (unpaired) electrons. The summed E-state index contributed by atoms with van der Waals surface area (Å²) in [5.41, 5.74) is 1.64. The van der Waals surface area contributed by atoms with Gasteiger partial charge in [-0.1, -0.05) is 6.07 Å². The second-order valence-corrected chi connectivity index (χ2v) is 7.47. The van der Waals surface area contributed by atoms with E-state index < -0.39 is 17.7 Å². The van der Waals surface area contributed by atoms with Crippen LogP contribution in [0.3, 0.4) is 0 Å². The molecule has 4 aromatic rings. The summed E-state index contributed by atoms with van der Waals surface area (Å²) in [6.45, 7) is 0. The van der Waals surface area contributed by atoms with Crippen molar-refractivity contribution in [2.75, 3.05) is 7.05 Å². The number of rotatable bonds is 6. The summed E-state index contributed by atoms with van der Waals surface area (Å²) in [6.07, 6.45) is 1.31. The second-order valence-electron chi connectivity index (χ2n) is 7.47. The number of hydrogen-bond donors (Lipinski definition) is 2. The van der Waals surface area contributed by atoms with Crippen molar-refractivity contribution in [1.29, 1.82) is 0 Å². The van der Waals surface area contributed by atoms with E-state index in [0.29, 0.717) is 27.9 Å². The minimum Gasteiger partial charge on any atom is -0.355 e. The van der Waals surface area contributed by atoms with Gasteiger partial charge in [-0.05, 0) is 42.2 Å². The molecule has 170 valence electrons. The Kier molecular flexibility index (Phi) is 6.08. The highest BCUT2D eigenvalue weighted by Gasteiger charge is 2.33. The number of halogens is 4. The number of aryl methyl sites for hydroxylation is 2. The van der Waals surface area contributed by atoms with Gasteiger partial charge < -0.3 is 10.3 Å². The van der Waals surface area contributed by atoms with E-state index in [0.717, 1.165) is 17.8 Å². The molecule has 0 unspecified atom stereocenters. The number of carbonyl (C=O) groups is 1. The Balaban J connectivity index is 1.52. The van der Waals surface area contributed by atoms with Gasteiger partial charge in [0.15, 0.2) is 0 Å². The first-order valence-corrected chi connectivity index (χ1v) is 10.1. The topological polar surface area (TPSA) is 83.6 Å². The fourth-order valence-corrected chi connectivity index (χ4v) is 3.62. The van der Waals surface area contributed by atoms with E-state index in [1.54, 1.807) is 24.4 Å². The number of fused-ring (bicyclic) bond motifs is 1. The molecule has 1 amide bonds. The third-order valence-electron chi connectivity index (χ3n) is 5.33. The predicted molar refractivity (Wildman–Crippen MR) is 113 cm³/mol. The van der Waals surface area contributed by atoms with Crippen LogP contribution in [0.5, 0.6) is 0 Å². The lowest BCUT2D eigenvalue weighted by molar-refractivity contribution is -0.138. The van der Waals surface area contributed by atoms with Gasteiger partial charge in [-0.3, -0.25) is 9.78 Å². The molecule has 0 aliphatic carbocycles. The number of amides is 1. The Morgan fingerprint density at radius 1 is 1.09 bits per heavy atom. The molecule has 0 spiro atoms. The minimum atomic E-state index is -4.48. The summed E-state index contributed by atoms with van der Waals surface area (Å²) < 4.78 is 54.1. The van der Waals surface area contributed by atoms with E-state index in [2.05, 4.69) is 25.3 Å². The lowest BCUT2D eigenvalue weighted by Gasteiger charge is -2.12. The molecule has 4 aromatic heterocycles. The van der Waals surface area contributed by atoms with Crippen LogP contribution in [0.4, 0.5) is 17.6 Å². The van der Waals surface area contributed by atoms with Gasteiger partial charge in [-0.15, -0.1) is 0 Å². The monoisotopic (exact) mass is 457 g/mol. The summed E-state index contributed by atoms with van der Waals surface area (Å²) in [5.74, 6) is -0.976. The molecular weight excluding hydrogens is 438 g/mol. The van der Waals surface area contributed by atoms with Crippen molar-refractivity contribution < 1.29 is 22.4 Å². The first-order chi connectivity index (χ1) is 15.8. The third-order valence-corrected chi connectivity index (χ3v) is 5.33. The molecular formula is C23H19F4N5O. The molecule has 0 saturated heterocycles. The summed E-state index contributed by atoms with van der Waals surface area (Å²) in [4.78, 5) is 26.8. The van der Waals surface area contributed by atoms with Crippen molar-refractivity contribution in [1.82, 2.24) is 25.3 Å². The third kappa shape index (κ3) is 4.84. The number of nitrogens with zero attached hydrogens (tertiary/aromatic N) is 3. The first-order valence-electron chi connectivity index (χ1n) is 10.1. The minimum absolute atomic E-state index is 0.0326. The summed E-state index contributed by atoms with van der Waals surface area (Å²) in [7, 11) is 1.52. The standard InChI is InChI=1S/C23H19F4N5O/c1-28-22(33)16-9-18-15(11-30-21(18)31-12-16)8-13-2-4-17(32-20(13)24)5-3-14-10-29-7-6-19(14)23(25,26)27/h2,4,6-7,9-12H,3,5,8H2,1H3,(H,28,33)(H,30,31). The maximum Gasteiger partial charge on any atom is 0.416 e. The zero-order valence-corrected chi connectivity index (χ0v) is 17.5. The van der Waals surface area contributed by atoms with E-state index in [1.807, 2.05) is 0 Å². The van der Waals surface area contributed by atoms with Gasteiger partial charge in [0, 0.05) is 54.9 Å². The molecule has 0 atom stereocenters. The molecule has 6 nitrogen and oxygen atoms in total. The quantitative estimate of drug-likeness (QED) is 0.335. The van der Waals surface area contributed by atoms with Crippen LogP contribution >= 0.6 is 0 Å². The maximum atomic E-state index is 14.7. The van der Waals surface area contributed by atoms with Crippen molar-refractivity contribution in [2.24, 2.45) is 0 Å². The Labute approximate surface area is 186 Å². The van der Waals surface area contributed by atoms with Gasteiger partial charge in [0.25, 0.3) is 5.91 Å². The van der Waals surface area contributed by atoms with Gasteiger partial charge in [-0.2, -0.15) is 17.6 Å². The van der Waals surface area contributed by atoms with Crippen molar-refractivity contribution >= 4 is 16.9 Å². The first kappa shape index (κ1) is 22.4. The van der Waals surface area contributed by atoms with Crippen LogP contribution in [0, 0.1) is 5.95 Å². The van der Waals surface area contributed by atoms with Gasteiger partial charge in [-0.25, -0.2) is 9.97 Å². The van der Waals surface area contributed by atoms with Gasteiger partial charge in [0.05, 0.1) is 11.1 Å².